The summed E-state index contributed by atoms with van der Waals surface area (Å²) in [7, 11) is 1.64. The van der Waals surface area contributed by atoms with Gasteiger partial charge in [-0.3, -0.25) is 4.79 Å². The van der Waals surface area contributed by atoms with Gasteiger partial charge in [0.1, 0.15) is 5.75 Å². The van der Waals surface area contributed by atoms with Crippen molar-refractivity contribution in [2.75, 3.05) is 20.2 Å². The maximum atomic E-state index is 11.2. The van der Waals surface area contributed by atoms with E-state index in [4.69, 9.17) is 4.74 Å². The number of hydrogen-bond donors (Lipinski definition) is 2. The zero-order valence-electron chi connectivity index (χ0n) is 13.0. The van der Waals surface area contributed by atoms with E-state index in [9.17, 15) is 4.79 Å². The zero-order valence-corrected chi connectivity index (χ0v) is 13.0. The lowest BCUT2D eigenvalue weighted by molar-refractivity contribution is -0.121. The van der Waals surface area contributed by atoms with Crippen molar-refractivity contribution in [1.29, 1.82) is 0 Å². The Morgan fingerprint density at radius 2 is 1.90 bits per heavy atom. The van der Waals surface area contributed by atoms with Crippen LogP contribution < -0.4 is 15.4 Å². The van der Waals surface area contributed by atoms with Crippen LogP contribution in [0, 0.1) is 13.8 Å². The fourth-order valence-corrected chi connectivity index (χ4v) is 2.15. The molecule has 112 valence electrons. The van der Waals surface area contributed by atoms with Crippen LogP contribution in [0.4, 0.5) is 0 Å². The maximum absolute atomic E-state index is 11.2. The lowest BCUT2D eigenvalue weighted by Gasteiger charge is -2.14. The fourth-order valence-electron chi connectivity index (χ4n) is 2.15. The number of amides is 1. The molecule has 1 aromatic rings. The highest BCUT2D eigenvalue weighted by molar-refractivity contribution is 5.75. The third kappa shape index (κ3) is 5.21. The minimum atomic E-state index is 0.000641. The number of rotatable bonds is 8. The molecule has 0 bridgehead atoms. The van der Waals surface area contributed by atoms with E-state index in [-0.39, 0.29) is 5.91 Å². The van der Waals surface area contributed by atoms with E-state index in [1.165, 1.54) is 5.56 Å². The summed E-state index contributed by atoms with van der Waals surface area (Å²) >= 11 is 0. The summed E-state index contributed by atoms with van der Waals surface area (Å²) in [6, 6.07) is 4.29. The molecule has 0 aliphatic heterocycles. The van der Waals surface area contributed by atoms with Crippen molar-refractivity contribution in [2.24, 2.45) is 0 Å². The van der Waals surface area contributed by atoms with E-state index in [0.717, 1.165) is 36.4 Å². The minimum absolute atomic E-state index is 0.000641. The van der Waals surface area contributed by atoms with E-state index in [0.29, 0.717) is 13.0 Å². The van der Waals surface area contributed by atoms with Crippen molar-refractivity contribution in [3.05, 3.63) is 28.8 Å². The van der Waals surface area contributed by atoms with Gasteiger partial charge in [0.15, 0.2) is 0 Å². The summed E-state index contributed by atoms with van der Waals surface area (Å²) in [5.41, 5.74) is 3.51. The molecule has 1 rings (SSSR count). The van der Waals surface area contributed by atoms with Crippen LogP contribution in [-0.2, 0) is 11.3 Å². The summed E-state index contributed by atoms with van der Waals surface area (Å²) in [5, 5.41) is 5.99. The molecule has 0 radical (unpaired) electrons. The molecule has 0 atom stereocenters. The molecular formula is C16H26N2O2. The largest absolute Gasteiger partial charge is 0.493 e. The number of ether oxygens (including phenoxy) is 1. The van der Waals surface area contributed by atoms with Gasteiger partial charge in [0, 0.05) is 13.6 Å². The fraction of sp³-hybridized carbons (Fsp3) is 0.562. The molecule has 1 amide bonds. The second-order valence-corrected chi connectivity index (χ2v) is 5.01. The van der Waals surface area contributed by atoms with Gasteiger partial charge < -0.3 is 15.4 Å². The monoisotopic (exact) mass is 278 g/mol. The van der Waals surface area contributed by atoms with Gasteiger partial charge in [-0.15, -0.1) is 0 Å². The second-order valence-electron chi connectivity index (χ2n) is 5.01. The van der Waals surface area contributed by atoms with Crippen LogP contribution in [-0.4, -0.2) is 26.1 Å². The van der Waals surface area contributed by atoms with Gasteiger partial charge in [0.25, 0.3) is 0 Å². The Labute approximate surface area is 121 Å². The first-order valence-corrected chi connectivity index (χ1v) is 7.22. The molecule has 4 heteroatoms. The zero-order chi connectivity index (χ0) is 15.0. The number of carbonyl (C=O) groups excluding carboxylic acids is 1. The lowest BCUT2D eigenvalue weighted by atomic mass is 10.1. The third-order valence-electron chi connectivity index (χ3n) is 3.13. The molecular weight excluding hydrogens is 252 g/mol. The average molecular weight is 278 g/mol. The van der Waals surface area contributed by atoms with Crippen molar-refractivity contribution in [3.63, 3.8) is 0 Å². The number of aryl methyl sites for hydroxylation is 2. The van der Waals surface area contributed by atoms with Crippen LogP contribution in [0.15, 0.2) is 12.1 Å². The highest BCUT2D eigenvalue weighted by Gasteiger charge is 2.07. The van der Waals surface area contributed by atoms with E-state index in [2.05, 4.69) is 29.7 Å². The standard InChI is InChI=1S/C16H26N2O2/c1-5-7-18-11-14-9-12(2)16(13(3)10-14)20-8-6-15(19)17-4/h9-10,18H,5-8,11H2,1-4H3,(H,17,19). The van der Waals surface area contributed by atoms with Crippen LogP contribution in [0.25, 0.3) is 0 Å². The highest BCUT2D eigenvalue weighted by atomic mass is 16.5. The molecule has 0 heterocycles. The van der Waals surface area contributed by atoms with Crippen molar-refractivity contribution >= 4 is 5.91 Å². The quantitative estimate of drug-likeness (QED) is 0.718. The Morgan fingerprint density at radius 1 is 1.25 bits per heavy atom. The van der Waals surface area contributed by atoms with Crippen molar-refractivity contribution < 1.29 is 9.53 Å². The van der Waals surface area contributed by atoms with Gasteiger partial charge in [-0.2, -0.15) is 0 Å². The number of nitrogens with one attached hydrogen (secondary N) is 2. The minimum Gasteiger partial charge on any atom is -0.493 e. The van der Waals surface area contributed by atoms with Crippen molar-refractivity contribution in [1.82, 2.24) is 10.6 Å². The summed E-state index contributed by atoms with van der Waals surface area (Å²) in [6.45, 7) is 8.58. The van der Waals surface area contributed by atoms with Gasteiger partial charge in [-0.25, -0.2) is 0 Å². The van der Waals surface area contributed by atoms with Crippen LogP contribution in [0.2, 0.25) is 0 Å². The normalized spacial score (nSPS) is 10.4. The molecule has 0 saturated carbocycles. The molecule has 4 nitrogen and oxygen atoms in total. The molecule has 0 aliphatic carbocycles. The molecule has 2 N–H and O–H groups in total. The summed E-state index contributed by atoms with van der Waals surface area (Å²) in [4.78, 5) is 11.2. The molecule has 0 saturated heterocycles. The molecule has 20 heavy (non-hydrogen) atoms. The summed E-state index contributed by atoms with van der Waals surface area (Å²) < 4.78 is 5.74. The molecule has 0 aromatic heterocycles. The predicted octanol–water partition coefficient (Wildman–Crippen LogP) is 2.32. The van der Waals surface area contributed by atoms with Crippen LogP contribution in [0.3, 0.4) is 0 Å². The molecule has 0 fully saturated rings. The summed E-state index contributed by atoms with van der Waals surface area (Å²) in [5.74, 6) is 0.897. The lowest BCUT2D eigenvalue weighted by Crippen LogP contribution is -2.20. The van der Waals surface area contributed by atoms with E-state index in [1.807, 2.05) is 13.8 Å². The van der Waals surface area contributed by atoms with E-state index >= 15 is 0 Å². The third-order valence-corrected chi connectivity index (χ3v) is 3.13. The van der Waals surface area contributed by atoms with E-state index < -0.39 is 0 Å². The Morgan fingerprint density at radius 3 is 2.45 bits per heavy atom. The maximum Gasteiger partial charge on any atom is 0.223 e. The smallest absolute Gasteiger partial charge is 0.223 e. The molecule has 0 spiro atoms. The topological polar surface area (TPSA) is 50.4 Å². The number of benzene rings is 1. The van der Waals surface area contributed by atoms with Gasteiger partial charge in [0.05, 0.1) is 13.0 Å². The average Bonchev–Trinajstić information content (AvgIpc) is 2.42. The molecule has 1 aromatic carbocycles. The van der Waals surface area contributed by atoms with Gasteiger partial charge in [0.2, 0.25) is 5.91 Å². The first-order chi connectivity index (χ1) is 9.58. The van der Waals surface area contributed by atoms with E-state index in [1.54, 1.807) is 7.05 Å². The SMILES string of the molecule is CCCNCc1cc(C)c(OCCC(=O)NC)c(C)c1. The predicted molar refractivity (Wildman–Crippen MR) is 82.1 cm³/mol. The number of hydrogen-bond acceptors (Lipinski definition) is 3. The molecule has 0 aliphatic rings. The van der Waals surface area contributed by atoms with Crippen molar-refractivity contribution in [2.45, 2.75) is 40.2 Å². The number of carbonyl (C=O) groups is 1. The Bertz CT molecular complexity index is 421. The van der Waals surface area contributed by atoms with Gasteiger partial charge in [-0.05, 0) is 43.5 Å². The van der Waals surface area contributed by atoms with Gasteiger partial charge in [-0.1, -0.05) is 19.1 Å². The van der Waals surface area contributed by atoms with Crippen LogP contribution >= 0.6 is 0 Å². The second kappa shape index (κ2) is 8.59. The van der Waals surface area contributed by atoms with Gasteiger partial charge >= 0.3 is 0 Å². The first-order valence-electron chi connectivity index (χ1n) is 7.22. The highest BCUT2D eigenvalue weighted by Crippen LogP contribution is 2.25. The Kier molecular flexibility index (Phi) is 7.09. The Hall–Kier alpha value is -1.55. The summed E-state index contributed by atoms with van der Waals surface area (Å²) in [6.07, 6.45) is 1.52. The Balaban J connectivity index is 2.61. The molecule has 0 unspecified atom stereocenters. The van der Waals surface area contributed by atoms with Crippen LogP contribution in [0.1, 0.15) is 36.5 Å². The first kappa shape index (κ1) is 16.5. The van der Waals surface area contributed by atoms with Crippen LogP contribution in [0.5, 0.6) is 5.75 Å². The van der Waals surface area contributed by atoms with Crippen molar-refractivity contribution in [3.8, 4) is 5.75 Å².